The zero-order valence-corrected chi connectivity index (χ0v) is 20.3. The first kappa shape index (κ1) is 25.5. The molecule has 0 aromatic heterocycles. The SMILES string of the molecule is C=C(C)[O-].C=C(C)[O-].CCc1cc2c(-c3cccc4ccccc34)cccc2[cH-]1.[Zr+3]. The van der Waals surface area contributed by atoms with Gasteiger partial charge in [-0.1, -0.05) is 74.9 Å². The molecule has 0 aliphatic carbocycles. The molecule has 2 nitrogen and oxygen atoms in total. The molecule has 0 unspecified atom stereocenters. The van der Waals surface area contributed by atoms with E-state index < -0.39 is 0 Å². The summed E-state index contributed by atoms with van der Waals surface area (Å²) in [7, 11) is 0. The molecule has 0 bridgehead atoms. The number of allylic oxidation sites excluding steroid dienone is 2. The van der Waals surface area contributed by atoms with Crippen molar-refractivity contribution in [2.45, 2.75) is 27.2 Å². The molecule has 30 heavy (non-hydrogen) atoms. The fourth-order valence-electron chi connectivity index (χ4n) is 3.20. The zero-order valence-electron chi connectivity index (χ0n) is 17.9. The molecule has 4 rings (SSSR count). The number of rotatable bonds is 2. The predicted octanol–water partition coefficient (Wildman–Crippen LogP) is 5.70. The summed E-state index contributed by atoms with van der Waals surface area (Å²) in [6, 6.07) is 26.5. The van der Waals surface area contributed by atoms with Gasteiger partial charge in [0.15, 0.2) is 0 Å². The van der Waals surface area contributed by atoms with Crippen molar-refractivity contribution in [3.05, 3.63) is 103 Å². The van der Waals surface area contributed by atoms with Gasteiger partial charge in [0.05, 0.1) is 0 Å². The molecule has 151 valence electrons. The predicted molar refractivity (Wildman–Crippen MR) is 121 cm³/mol. The second kappa shape index (κ2) is 12.2. The van der Waals surface area contributed by atoms with Crippen molar-refractivity contribution in [3.8, 4) is 11.1 Å². The molecule has 3 heteroatoms. The van der Waals surface area contributed by atoms with E-state index in [9.17, 15) is 10.2 Å². The van der Waals surface area contributed by atoms with Crippen LogP contribution in [0.1, 0.15) is 26.3 Å². The van der Waals surface area contributed by atoms with Gasteiger partial charge in [0.25, 0.3) is 0 Å². The Morgan fingerprint density at radius 1 is 0.800 bits per heavy atom. The largest absolute Gasteiger partial charge is 3.00 e. The maximum absolute atomic E-state index is 9.33. The first-order valence-electron chi connectivity index (χ1n) is 9.65. The molecule has 4 aromatic rings. The van der Waals surface area contributed by atoms with Gasteiger partial charge in [-0.25, -0.2) is 0 Å². The van der Waals surface area contributed by atoms with E-state index in [4.69, 9.17) is 0 Å². The van der Waals surface area contributed by atoms with Gasteiger partial charge >= 0.3 is 26.2 Å². The van der Waals surface area contributed by atoms with Gasteiger partial charge in [-0.05, 0) is 22.8 Å². The summed E-state index contributed by atoms with van der Waals surface area (Å²) in [6.07, 6.45) is 1.09. The molecule has 0 fully saturated rings. The fraction of sp³-hybridized carbons (Fsp3) is 0.148. The van der Waals surface area contributed by atoms with Crippen molar-refractivity contribution >= 4 is 21.5 Å². The van der Waals surface area contributed by atoms with Crippen LogP contribution in [0, 0.1) is 0 Å². The molecular weight excluding hydrogens is 448 g/mol. The molecule has 0 amide bonds. The van der Waals surface area contributed by atoms with E-state index >= 15 is 0 Å². The van der Waals surface area contributed by atoms with E-state index in [0.29, 0.717) is 0 Å². The third-order valence-electron chi connectivity index (χ3n) is 4.30. The molecule has 0 spiro atoms. The van der Waals surface area contributed by atoms with Gasteiger partial charge in [-0.15, -0.1) is 59.2 Å². The van der Waals surface area contributed by atoms with E-state index in [1.807, 2.05) is 0 Å². The van der Waals surface area contributed by atoms with Gasteiger partial charge in [0, 0.05) is 0 Å². The molecule has 0 atom stereocenters. The zero-order chi connectivity index (χ0) is 21.4. The smallest absolute Gasteiger partial charge is 0.876 e. The minimum Gasteiger partial charge on any atom is -0.876 e. The topological polar surface area (TPSA) is 46.1 Å². The molecule has 0 aliphatic rings. The normalized spacial score (nSPS) is 9.57. The average molecular weight is 475 g/mol. The number of aryl methyl sites for hydroxylation is 1. The van der Waals surface area contributed by atoms with Crippen molar-refractivity contribution < 1.29 is 36.4 Å². The maximum atomic E-state index is 9.33. The summed E-state index contributed by atoms with van der Waals surface area (Å²) in [4.78, 5) is 0. The van der Waals surface area contributed by atoms with Crippen LogP contribution in [-0.2, 0) is 32.6 Å². The first-order valence-corrected chi connectivity index (χ1v) is 9.65. The van der Waals surface area contributed by atoms with Crippen LogP contribution in [0.3, 0.4) is 0 Å². The average Bonchev–Trinajstić information content (AvgIpc) is 3.10. The number of hydrogen-bond donors (Lipinski definition) is 0. The Labute approximate surface area is 198 Å². The van der Waals surface area contributed by atoms with Gasteiger partial charge in [-0.2, -0.15) is 6.07 Å². The minimum atomic E-state index is -0.0833. The Balaban J connectivity index is 0.000000435. The van der Waals surface area contributed by atoms with E-state index in [1.165, 1.54) is 52.1 Å². The fourth-order valence-corrected chi connectivity index (χ4v) is 3.20. The van der Waals surface area contributed by atoms with Crippen LogP contribution in [0.5, 0.6) is 0 Å². The van der Waals surface area contributed by atoms with Crippen LogP contribution in [0.15, 0.2) is 97.5 Å². The van der Waals surface area contributed by atoms with Crippen molar-refractivity contribution in [1.82, 2.24) is 0 Å². The van der Waals surface area contributed by atoms with Gasteiger partial charge in [0.2, 0.25) is 0 Å². The molecule has 0 saturated heterocycles. The second-order valence-corrected chi connectivity index (χ2v) is 6.96. The first-order chi connectivity index (χ1) is 13.8. The number of hydrogen-bond acceptors (Lipinski definition) is 2. The maximum Gasteiger partial charge on any atom is 3.00 e. The Hall–Kier alpha value is -2.51. The molecule has 1 radical (unpaired) electrons. The minimum absolute atomic E-state index is 0. The summed E-state index contributed by atoms with van der Waals surface area (Å²) in [5, 5.41) is 24.0. The molecule has 0 N–H and O–H groups in total. The Bertz CT molecular complexity index is 1100. The number of fused-ring (bicyclic) bond motifs is 2. The van der Waals surface area contributed by atoms with Crippen molar-refractivity contribution in [2.24, 2.45) is 0 Å². The van der Waals surface area contributed by atoms with Crippen LogP contribution in [-0.4, -0.2) is 0 Å². The second-order valence-electron chi connectivity index (χ2n) is 6.96. The van der Waals surface area contributed by atoms with Gasteiger partial charge in [0.1, 0.15) is 0 Å². The van der Waals surface area contributed by atoms with E-state index in [0.717, 1.165) is 6.42 Å². The Kier molecular flexibility index (Phi) is 10.4. The van der Waals surface area contributed by atoms with Crippen molar-refractivity contribution in [3.63, 3.8) is 0 Å². The summed E-state index contributed by atoms with van der Waals surface area (Å²) in [6.45, 7) is 11.0. The monoisotopic (exact) mass is 473 g/mol. The van der Waals surface area contributed by atoms with E-state index in [1.54, 1.807) is 0 Å². The van der Waals surface area contributed by atoms with Crippen LogP contribution in [0.4, 0.5) is 0 Å². The number of benzene rings is 3. The Morgan fingerprint density at radius 3 is 1.90 bits per heavy atom. The quantitative estimate of drug-likeness (QED) is 0.276. The van der Waals surface area contributed by atoms with Gasteiger partial charge in [-0.3, -0.25) is 0 Å². The van der Waals surface area contributed by atoms with Crippen LogP contribution >= 0.6 is 0 Å². The molecule has 0 saturated carbocycles. The third-order valence-corrected chi connectivity index (χ3v) is 4.30. The van der Waals surface area contributed by atoms with Crippen LogP contribution in [0.2, 0.25) is 0 Å². The van der Waals surface area contributed by atoms with Gasteiger partial charge < -0.3 is 10.2 Å². The Morgan fingerprint density at radius 2 is 1.30 bits per heavy atom. The summed E-state index contributed by atoms with van der Waals surface area (Å²) < 4.78 is 0. The van der Waals surface area contributed by atoms with Crippen molar-refractivity contribution in [1.29, 1.82) is 0 Å². The molecular formula is C27H27O2Zr. The standard InChI is InChI=1S/C21H17.2C3H6O.Zr/c1-2-15-13-17-9-6-12-20(21(17)14-15)19-11-5-8-16-7-3-4-10-18(16)19;2*1-3(2)4;/h3-14H,2H2,1H3;2*4H,1H2,2H3;/q-1;;;+3/p-2. The van der Waals surface area contributed by atoms with Crippen LogP contribution < -0.4 is 10.2 Å². The molecule has 0 aliphatic heterocycles. The summed E-state index contributed by atoms with van der Waals surface area (Å²) in [5.74, 6) is -0.167. The summed E-state index contributed by atoms with van der Waals surface area (Å²) >= 11 is 0. The van der Waals surface area contributed by atoms with Crippen LogP contribution in [0.25, 0.3) is 32.7 Å². The van der Waals surface area contributed by atoms with E-state index in [-0.39, 0.29) is 37.7 Å². The van der Waals surface area contributed by atoms with Crippen molar-refractivity contribution in [2.75, 3.05) is 0 Å². The molecule has 4 aromatic carbocycles. The third kappa shape index (κ3) is 7.08. The molecule has 0 heterocycles. The van der Waals surface area contributed by atoms with E-state index in [2.05, 4.69) is 92.9 Å². The summed E-state index contributed by atoms with van der Waals surface area (Å²) in [5.41, 5.74) is 4.08.